The molecule has 1 aliphatic rings. The van der Waals surface area contributed by atoms with E-state index in [1.54, 1.807) is 49.4 Å². The van der Waals surface area contributed by atoms with Crippen LogP contribution >= 0.6 is 34.8 Å². The van der Waals surface area contributed by atoms with Crippen LogP contribution in [0.3, 0.4) is 0 Å². The van der Waals surface area contributed by atoms with Crippen LogP contribution in [0.25, 0.3) is 11.8 Å². The Morgan fingerprint density at radius 2 is 1.56 bits per heavy atom. The second-order valence-corrected chi connectivity index (χ2v) is 9.14. The number of esters is 1. The summed E-state index contributed by atoms with van der Waals surface area (Å²) >= 11 is 18.3. The molecule has 1 aliphatic heterocycles. The number of allylic oxidation sites excluding steroid dienone is 1. The third kappa shape index (κ3) is 4.16. The number of benzene rings is 2. The molecule has 3 aromatic rings. The van der Waals surface area contributed by atoms with Crippen LogP contribution in [0, 0.1) is 13.8 Å². The standard InChI is InChI=1S/C26H21Cl3N2O3/c1-14-11-17(15(2)30(14)20-9-10-22(28)23(29)13-20)12-21-24(26(33)34-4)16(3)31(25(21)32)19-7-5-18(27)6-8-19/h5-13H,1-4H3/b21-12-. The van der Waals surface area contributed by atoms with Crippen molar-refractivity contribution in [1.82, 2.24) is 4.57 Å². The maximum absolute atomic E-state index is 13.5. The smallest absolute Gasteiger partial charge is 0.340 e. The third-order valence-corrected chi connectivity index (χ3v) is 6.80. The highest BCUT2D eigenvalue weighted by Crippen LogP contribution is 2.37. The summed E-state index contributed by atoms with van der Waals surface area (Å²) in [4.78, 5) is 27.7. The van der Waals surface area contributed by atoms with Crippen molar-refractivity contribution in [2.75, 3.05) is 12.0 Å². The van der Waals surface area contributed by atoms with Crippen molar-refractivity contribution in [3.63, 3.8) is 0 Å². The Balaban J connectivity index is 1.84. The normalized spacial score (nSPS) is 15.0. The highest BCUT2D eigenvalue weighted by Gasteiger charge is 2.38. The van der Waals surface area contributed by atoms with Crippen molar-refractivity contribution in [1.29, 1.82) is 0 Å². The molecule has 34 heavy (non-hydrogen) atoms. The maximum atomic E-state index is 13.5. The van der Waals surface area contributed by atoms with Gasteiger partial charge in [-0.05, 0) is 80.9 Å². The number of hydrogen-bond donors (Lipinski definition) is 0. The van der Waals surface area contributed by atoms with Crippen LogP contribution < -0.4 is 4.90 Å². The lowest BCUT2D eigenvalue weighted by atomic mass is 10.0. The second-order valence-electron chi connectivity index (χ2n) is 7.89. The predicted molar refractivity (Wildman–Crippen MR) is 137 cm³/mol. The fraction of sp³-hybridized carbons (Fsp3) is 0.154. The van der Waals surface area contributed by atoms with Gasteiger partial charge in [0.1, 0.15) is 0 Å². The molecular weight excluding hydrogens is 495 g/mol. The predicted octanol–water partition coefficient (Wildman–Crippen LogP) is 6.93. The van der Waals surface area contributed by atoms with Gasteiger partial charge in [0.2, 0.25) is 0 Å². The van der Waals surface area contributed by atoms with Gasteiger partial charge in [-0.15, -0.1) is 0 Å². The Hall–Kier alpha value is -2.99. The first-order chi connectivity index (χ1) is 16.1. The number of ether oxygens (including phenoxy) is 1. The van der Waals surface area contributed by atoms with E-state index in [2.05, 4.69) is 0 Å². The summed E-state index contributed by atoms with van der Waals surface area (Å²) in [5.41, 5.74) is 5.02. The van der Waals surface area contributed by atoms with E-state index in [-0.39, 0.29) is 17.1 Å². The lowest BCUT2D eigenvalue weighted by Gasteiger charge is -2.17. The minimum atomic E-state index is -0.577. The van der Waals surface area contributed by atoms with Gasteiger partial charge in [0.25, 0.3) is 5.91 Å². The van der Waals surface area contributed by atoms with Crippen molar-refractivity contribution >= 4 is 58.4 Å². The molecule has 0 saturated heterocycles. The number of anilines is 1. The van der Waals surface area contributed by atoms with Gasteiger partial charge in [-0.3, -0.25) is 9.69 Å². The lowest BCUT2D eigenvalue weighted by molar-refractivity contribution is -0.136. The monoisotopic (exact) mass is 514 g/mol. The van der Waals surface area contributed by atoms with Gasteiger partial charge in [-0.2, -0.15) is 0 Å². The van der Waals surface area contributed by atoms with E-state index in [0.717, 1.165) is 22.6 Å². The van der Waals surface area contributed by atoms with E-state index in [9.17, 15) is 9.59 Å². The van der Waals surface area contributed by atoms with Crippen LogP contribution in [0.4, 0.5) is 5.69 Å². The zero-order valence-corrected chi connectivity index (χ0v) is 21.2. The molecule has 1 aromatic heterocycles. The van der Waals surface area contributed by atoms with Gasteiger partial charge in [-0.1, -0.05) is 34.8 Å². The van der Waals surface area contributed by atoms with E-state index >= 15 is 0 Å². The molecule has 2 aromatic carbocycles. The summed E-state index contributed by atoms with van der Waals surface area (Å²) in [5, 5.41) is 1.47. The molecule has 174 valence electrons. The van der Waals surface area contributed by atoms with Crippen molar-refractivity contribution in [2.45, 2.75) is 20.8 Å². The van der Waals surface area contributed by atoms with E-state index in [1.165, 1.54) is 12.0 Å². The van der Waals surface area contributed by atoms with Gasteiger partial charge in [-0.25, -0.2) is 4.79 Å². The average molecular weight is 516 g/mol. The number of methoxy groups -OCH3 is 1. The van der Waals surface area contributed by atoms with E-state index < -0.39 is 5.97 Å². The number of rotatable bonds is 4. The molecule has 0 fully saturated rings. The van der Waals surface area contributed by atoms with Crippen LogP contribution in [0.15, 0.2) is 65.4 Å². The first-order valence-corrected chi connectivity index (χ1v) is 11.5. The molecule has 0 saturated carbocycles. The Morgan fingerprint density at radius 1 is 0.912 bits per heavy atom. The fourth-order valence-corrected chi connectivity index (χ4v) is 4.61. The zero-order chi connectivity index (χ0) is 24.7. The molecular formula is C26H21Cl3N2O3. The van der Waals surface area contributed by atoms with E-state index in [4.69, 9.17) is 39.5 Å². The minimum Gasteiger partial charge on any atom is -0.465 e. The van der Waals surface area contributed by atoms with Crippen LogP contribution in [-0.2, 0) is 14.3 Å². The van der Waals surface area contributed by atoms with Crippen LogP contribution in [0.1, 0.15) is 23.9 Å². The Labute approximate surface area is 212 Å². The maximum Gasteiger partial charge on any atom is 0.340 e. The number of carbonyl (C=O) groups excluding carboxylic acids is 2. The Morgan fingerprint density at radius 3 is 2.18 bits per heavy atom. The summed E-state index contributed by atoms with van der Waals surface area (Å²) in [6, 6.07) is 14.2. The molecule has 5 nitrogen and oxygen atoms in total. The van der Waals surface area contributed by atoms with Crippen molar-refractivity contribution in [3.8, 4) is 5.69 Å². The first-order valence-electron chi connectivity index (χ1n) is 10.4. The number of nitrogens with zero attached hydrogens (tertiary/aromatic N) is 2. The number of amides is 1. The van der Waals surface area contributed by atoms with Crippen molar-refractivity contribution < 1.29 is 14.3 Å². The topological polar surface area (TPSA) is 51.5 Å². The molecule has 0 aliphatic carbocycles. The van der Waals surface area contributed by atoms with Gasteiger partial charge in [0.15, 0.2) is 0 Å². The molecule has 0 unspecified atom stereocenters. The quantitative estimate of drug-likeness (QED) is 0.280. The molecule has 0 atom stereocenters. The van der Waals surface area contributed by atoms with Gasteiger partial charge in [0.05, 0.1) is 28.3 Å². The molecule has 2 heterocycles. The summed E-state index contributed by atoms with van der Waals surface area (Å²) in [5.74, 6) is -0.897. The fourth-order valence-electron chi connectivity index (χ4n) is 4.19. The zero-order valence-electron chi connectivity index (χ0n) is 18.9. The van der Waals surface area contributed by atoms with Gasteiger partial charge in [0, 0.05) is 33.5 Å². The number of hydrogen-bond acceptors (Lipinski definition) is 3. The number of aryl methyl sites for hydroxylation is 1. The lowest BCUT2D eigenvalue weighted by Crippen LogP contribution is -2.24. The highest BCUT2D eigenvalue weighted by atomic mass is 35.5. The average Bonchev–Trinajstić information content (AvgIpc) is 3.22. The van der Waals surface area contributed by atoms with Crippen molar-refractivity contribution in [2.24, 2.45) is 0 Å². The molecule has 1 amide bonds. The number of carbonyl (C=O) groups is 2. The van der Waals surface area contributed by atoms with Gasteiger partial charge >= 0.3 is 5.97 Å². The van der Waals surface area contributed by atoms with Crippen molar-refractivity contribution in [3.05, 3.63) is 97.4 Å². The molecule has 4 rings (SSSR count). The van der Waals surface area contributed by atoms with E-state index in [0.29, 0.717) is 26.5 Å². The Kier molecular flexibility index (Phi) is 6.63. The molecule has 0 bridgehead atoms. The Bertz CT molecular complexity index is 1390. The molecule has 0 N–H and O–H groups in total. The second kappa shape index (κ2) is 9.34. The summed E-state index contributed by atoms with van der Waals surface area (Å²) < 4.78 is 7.02. The summed E-state index contributed by atoms with van der Waals surface area (Å²) in [6.45, 7) is 5.61. The van der Waals surface area contributed by atoms with Gasteiger partial charge < -0.3 is 9.30 Å². The summed E-state index contributed by atoms with van der Waals surface area (Å²) in [6.07, 6.45) is 1.73. The summed E-state index contributed by atoms with van der Waals surface area (Å²) in [7, 11) is 1.30. The minimum absolute atomic E-state index is 0.224. The molecule has 0 radical (unpaired) electrons. The number of halogens is 3. The SMILES string of the molecule is COC(=O)C1=C(C)N(c2ccc(Cl)cc2)C(=O)/C1=C\c1cc(C)n(-c2ccc(Cl)c(Cl)c2)c1C. The van der Waals surface area contributed by atoms with Crippen LogP contribution in [-0.4, -0.2) is 23.6 Å². The third-order valence-electron chi connectivity index (χ3n) is 5.81. The first kappa shape index (κ1) is 24.1. The largest absolute Gasteiger partial charge is 0.465 e. The molecule has 8 heteroatoms. The highest BCUT2D eigenvalue weighted by molar-refractivity contribution is 6.42. The van der Waals surface area contributed by atoms with Crippen LogP contribution in [0.2, 0.25) is 15.1 Å². The van der Waals surface area contributed by atoms with Crippen LogP contribution in [0.5, 0.6) is 0 Å². The van der Waals surface area contributed by atoms with E-state index in [1.807, 2.05) is 30.5 Å². The number of aromatic nitrogens is 1. The molecule has 0 spiro atoms.